The van der Waals surface area contributed by atoms with E-state index >= 15 is 0 Å². The molecule has 4 rings (SSSR count). The zero-order chi connectivity index (χ0) is 15.3. The summed E-state index contributed by atoms with van der Waals surface area (Å²) in [7, 11) is 1.56. The molecule has 1 saturated carbocycles. The van der Waals surface area contributed by atoms with Crippen molar-refractivity contribution in [3.8, 4) is 0 Å². The summed E-state index contributed by atoms with van der Waals surface area (Å²) in [6.45, 7) is 0. The Labute approximate surface area is 132 Å². The van der Waals surface area contributed by atoms with Crippen molar-refractivity contribution in [2.45, 2.75) is 41.6 Å². The number of para-hydroxylation sites is 1. The van der Waals surface area contributed by atoms with E-state index in [9.17, 15) is 9.59 Å². The zero-order valence-corrected chi connectivity index (χ0v) is 13.2. The largest absolute Gasteiger partial charge is 0.348 e. The van der Waals surface area contributed by atoms with Gasteiger partial charge in [0.25, 0.3) is 5.56 Å². The molecule has 22 heavy (non-hydrogen) atoms. The molecule has 0 atom stereocenters. The Morgan fingerprint density at radius 2 is 1.91 bits per heavy atom. The Balaban J connectivity index is 1.97. The molecule has 5 nitrogen and oxygen atoms in total. The molecule has 0 saturated heterocycles. The van der Waals surface area contributed by atoms with Gasteiger partial charge in [-0.2, -0.15) is 0 Å². The highest BCUT2D eigenvalue weighted by Crippen LogP contribution is 2.44. The van der Waals surface area contributed by atoms with E-state index in [1.807, 2.05) is 28.8 Å². The van der Waals surface area contributed by atoms with Crippen LogP contribution >= 0.6 is 11.8 Å². The molecular weight excluding hydrogens is 298 g/mol. The predicted molar refractivity (Wildman–Crippen MR) is 87.3 cm³/mol. The predicted octanol–water partition coefficient (Wildman–Crippen LogP) is 2.87. The molecule has 2 heterocycles. The summed E-state index contributed by atoms with van der Waals surface area (Å²) < 4.78 is 3.05. The average Bonchev–Trinajstić information content (AvgIpc) is 3.06. The van der Waals surface area contributed by atoms with Crippen LogP contribution in [0.5, 0.6) is 0 Å². The number of rotatable bonds is 1. The van der Waals surface area contributed by atoms with E-state index in [1.54, 1.807) is 7.05 Å². The van der Waals surface area contributed by atoms with Crippen LogP contribution in [-0.2, 0) is 7.05 Å². The molecule has 1 aromatic heterocycles. The number of benzene rings is 1. The Bertz CT molecular complexity index is 863. The lowest BCUT2D eigenvalue weighted by atomic mass is 10.2. The second-order valence-electron chi connectivity index (χ2n) is 5.86. The molecule has 0 radical (unpaired) electrons. The molecule has 2 aromatic rings. The maximum Gasteiger partial charge on any atom is 0.331 e. The van der Waals surface area contributed by atoms with Gasteiger partial charge < -0.3 is 5.32 Å². The molecular formula is C16H17N3O2S. The number of hydrogen-bond donors (Lipinski definition) is 1. The summed E-state index contributed by atoms with van der Waals surface area (Å²) in [6.07, 6.45) is 4.30. The molecule has 114 valence electrons. The van der Waals surface area contributed by atoms with Crippen molar-refractivity contribution in [1.29, 1.82) is 0 Å². The minimum atomic E-state index is -0.253. The van der Waals surface area contributed by atoms with Crippen LogP contribution in [0.25, 0.3) is 0 Å². The maximum atomic E-state index is 12.6. The number of nitrogens with zero attached hydrogens (tertiary/aromatic N) is 2. The van der Waals surface area contributed by atoms with Gasteiger partial charge in [0.2, 0.25) is 0 Å². The number of aromatic nitrogens is 2. The first-order valence-corrected chi connectivity index (χ1v) is 8.38. The summed E-state index contributed by atoms with van der Waals surface area (Å²) in [6, 6.07) is 8.08. The number of fused-ring (bicyclic) bond motifs is 2. The van der Waals surface area contributed by atoms with Gasteiger partial charge in [-0.05, 0) is 25.0 Å². The van der Waals surface area contributed by atoms with Crippen molar-refractivity contribution in [3.63, 3.8) is 0 Å². The lowest BCUT2D eigenvalue weighted by molar-refractivity contribution is 0.440. The van der Waals surface area contributed by atoms with E-state index in [2.05, 4.69) is 5.32 Å². The smallest absolute Gasteiger partial charge is 0.331 e. The molecule has 0 bridgehead atoms. The second-order valence-corrected chi connectivity index (χ2v) is 6.89. The molecule has 1 fully saturated rings. The summed E-state index contributed by atoms with van der Waals surface area (Å²) in [5, 5.41) is 3.99. The van der Waals surface area contributed by atoms with E-state index < -0.39 is 0 Å². The summed E-state index contributed by atoms with van der Waals surface area (Å²) in [4.78, 5) is 26.2. The van der Waals surface area contributed by atoms with Gasteiger partial charge >= 0.3 is 5.69 Å². The molecule has 1 aliphatic heterocycles. The van der Waals surface area contributed by atoms with Crippen LogP contribution in [0.2, 0.25) is 0 Å². The summed E-state index contributed by atoms with van der Waals surface area (Å²) in [5.41, 5.74) is 0.993. The lowest BCUT2D eigenvalue weighted by Crippen LogP contribution is -2.41. The highest BCUT2D eigenvalue weighted by atomic mass is 32.2. The summed E-state index contributed by atoms with van der Waals surface area (Å²) >= 11 is 1.52. The Kier molecular flexibility index (Phi) is 3.14. The third-order valence-corrected chi connectivity index (χ3v) is 5.66. The van der Waals surface area contributed by atoms with Crippen molar-refractivity contribution in [3.05, 3.63) is 45.1 Å². The number of hydrogen-bond acceptors (Lipinski definition) is 4. The first kappa shape index (κ1) is 13.7. The third kappa shape index (κ3) is 1.94. The van der Waals surface area contributed by atoms with Gasteiger partial charge in [-0.25, -0.2) is 4.79 Å². The third-order valence-electron chi connectivity index (χ3n) is 4.49. The van der Waals surface area contributed by atoms with E-state index in [0.717, 1.165) is 41.3 Å². The van der Waals surface area contributed by atoms with E-state index in [4.69, 9.17) is 0 Å². The van der Waals surface area contributed by atoms with Crippen molar-refractivity contribution >= 4 is 23.1 Å². The lowest BCUT2D eigenvalue weighted by Gasteiger charge is -2.26. The van der Waals surface area contributed by atoms with Gasteiger partial charge in [0.1, 0.15) is 10.7 Å². The van der Waals surface area contributed by atoms with Gasteiger partial charge in [-0.15, -0.1) is 0 Å². The highest BCUT2D eigenvalue weighted by Gasteiger charge is 2.29. The normalized spacial score (nSPS) is 17.0. The molecule has 6 heteroatoms. The van der Waals surface area contributed by atoms with Crippen LogP contribution in [0, 0.1) is 0 Å². The van der Waals surface area contributed by atoms with E-state index in [-0.39, 0.29) is 17.3 Å². The van der Waals surface area contributed by atoms with Crippen LogP contribution in [0.15, 0.2) is 43.8 Å². The van der Waals surface area contributed by atoms with Crippen LogP contribution in [0.3, 0.4) is 0 Å². The zero-order valence-electron chi connectivity index (χ0n) is 12.3. The average molecular weight is 315 g/mol. The van der Waals surface area contributed by atoms with Gasteiger partial charge in [-0.1, -0.05) is 36.7 Å². The van der Waals surface area contributed by atoms with Crippen molar-refractivity contribution < 1.29 is 0 Å². The van der Waals surface area contributed by atoms with Gasteiger partial charge in [0.05, 0.1) is 5.69 Å². The molecule has 1 N–H and O–H groups in total. The molecule has 0 unspecified atom stereocenters. The van der Waals surface area contributed by atoms with Crippen LogP contribution in [0.4, 0.5) is 11.4 Å². The Hall–Kier alpha value is -1.95. The fraction of sp³-hybridized carbons (Fsp3) is 0.375. The van der Waals surface area contributed by atoms with Gasteiger partial charge in [0.15, 0.2) is 0 Å². The fourth-order valence-corrected chi connectivity index (χ4v) is 4.45. The molecule has 1 aromatic carbocycles. The number of anilines is 2. The van der Waals surface area contributed by atoms with Crippen LogP contribution < -0.4 is 16.6 Å². The monoisotopic (exact) mass is 315 g/mol. The fourth-order valence-electron chi connectivity index (χ4n) is 3.30. The molecule has 0 amide bonds. The molecule has 0 spiro atoms. The van der Waals surface area contributed by atoms with E-state index in [0.29, 0.717) is 5.69 Å². The second kappa shape index (κ2) is 5.05. The van der Waals surface area contributed by atoms with Gasteiger partial charge in [0, 0.05) is 18.0 Å². The first-order chi connectivity index (χ1) is 10.7. The molecule has 2 aliphatic rings. The summed E-state index contributed by atoms with van der Waals surface area (Å²) in [5.74, 6) is 0. The van der Waals surface area contributed by atoms with Crippen LogP contribution in [-0.4, -0.2) is 9.13 Å². The van der Waals surface area contributed by atoms with Crippen LogP contribution in [0.1, 0.15) is 31.7 Å². The molecule has 1 aliphatic carbocycles. The Morgan fingerprint density at radius 3 is 2.68 bits per heavy atom. The quantitative estimate of drug-likeness (QED) is 0.702. The Morgan fingerprint density at radius 1 is 1.18 bits per heavy atom. The standard InChI is InChI=1S/C16H17N3O2S/c1-18-14(20)13-15(19(16(18)21)10-6-2-3-7-10)22-12-9-5-4-8-11(12)17-13/h4-5,8-10,17H,2-3,6-7H2,1H3. The van der Waals surface area contributed by atoms with Crippen molar-refractivity contribution in [2.75, 3.05) is 5.32 Å². The highest BCUT2D eigenvalue weighted by molar-refractivity contribution is 7.99. The van der Waals surface area contributed by atoms with Crippen molar-refractivity contribution in [2.24, 2.45) is 7.05 Å². The maximum absolute atomic E-state index is 12.6. The van der Waals surface area contributed by atoms with E-state index in [1.165, 1.54) is 16.3 Å². The topological polar surface area (TPSA) is 56.0 Å². The first-order valence-electron chi connectivity index (χ1n) is 7.56. The SMILES string of the molecule is Cn1c(=O)c2c(n(C3CCCC3)c1=O)Sc1ccccc1N2. The minimum absolute atomic E-state index is 0.201. The minimum Gasteiger partial charge on any atom is -0.348 e. The van der Waals surface area contributed by atoms with Crippen molar-refractivity contribution in [1.82, 2.24) is 9.13 Å². The number of nitrogens with one attached hydrogen (secondary N) is 1. The van der Waals surface area contributed by atoms with Gasteiger partial charge in [-0.3, -0.25) is 13.9 Å².